The molecule has 1 rings (SSSR count). The lowest BCUT2D eigenvalue weighted by atomic mass is 10.2. The molecule has 2 amide bonds. The number of nitrogens with one attached hydrogen (secondary N) is 3. The van der Waals surface area contributed by atoms with Crippen LogP contribution in [-0.2, 0) is 6.54 Å². The quantitative estimate of drug-likeness (QED) is 0.665. The van der Waals surface area contributed by atoms with Crippen LogP contribution in [0.1, 0.15) is 18.9 Å². The molecule has 0 aliphatic carbocycles. The van der Waals surface area contributed by atoms with Crippen molar-refractivity contribution in [1.82, 2.24) is 10.6 Å². The molecule has 0 spiro atoms. The first-order valence-corrected chi connectivity index (χ1v) is 5.54. The van der Waals surface area contributed by atoms with Gasteiger partial charge in [-0.1, -0.05) is 19.1 Å². The Kier molecular flexibility index (Phi) is 5.36. The summed E-state index contributed by atoms with van der Waals surface area (Å²) in [5.74, 6) is 0. The van der Waals surface area contributed by atoms with E-state index in [2.05, 4.69) is 22.9 Å². The number of hydrogen-bond donors (Lipinski definition) is 3. The Morgan fingerprint density at radius 3 is 2.50 bits per heavy atom. The van der Waals surface area contributed by atoms with E-state index in [1.807, 2.05) is 24.3 Å². The van der Waals surface area contributed by atoms with E-state index in [1.54, 1.807) is 7.05 Å². The SMILES string of the molecule is CCCNCc1ccc(NC(=O)NC)cc1. The fraction of sp³-hybridized carbons (Fsp3) is 0.417. The van der Waals surface area contributed by atoms with Crippen molar-refractivity contribution in [3.63, 3.8) is 0 Å². The Morgan fingerprint density at radius 1 is 1.25 bits per heavy atom. The molecule has 0 aromatic heterocycles. The lowest BCUT2D eigenvalue weighted by Gasteiger charge is -2.06. The smallest absolute Gasteiger partial charge is 0.318 e. The first-order valence-electron chi connectivity index (χ1n) is 5.54. The van der Waals surface area contributed by atoms with Crippen molar-refractivity contribution in [1.29, 1.82) is 0 Å². The fourth-order valence-electron chi connectivity index (χ4n) is 1.31. The molecule has 0 atom stereocenters. The number of rotatable bonds is 5. The molecule has 0 aliphatic rings. The van der Waals surface area contributed by atoms with Crippen LogP contribution in [0.4, 0.5) is 10.5 Å². The minimum Gasteiger partial charge on any atom is -0.341 e. The maximum atomic E-state index is 11.0. The Morgan fingerprint density at radius 2 is 1.94 bits per heavy atom. The third kappa shape index (κ3) is 4.31. The second-order valence-corrected chi connectivity index (χ2v) is 3.58. The highest BCUT2D eigenvalue weighted by atomic mass is 16.2. The number of urea groups is 1. The van der Waals surface area contributed by atoms with E-state index in [0.29, 0.717) is 0 Å². The normalized spacial score (nSPS) is 9.88. The van der Waals surface area contributed by atoms with Gasteiger partial charge in [0.1, 0.15) is 0 Å². The van der Waals surface area contributed by atoms with Gasteiger partial charge in [0, 0.05) is 19.3 Å². The molecule has 1 aromatic carbocycles. The van der Waals surface area contributed by atoms with Gasteiger partial charge >= 0.3 is 6.03 Å². The largest absolute Gasteiger partial charge is 0.341 e. The van der Waals surface area contributed by atoms with Crippen molar-refractivity contribution in [2.24, 2.45) is 0 Å². The Bertz CT molecular complexity index is 322. The van der Waals surface area contributed by atoms with Gasteiger partial charge in [0.2, 0.25) is 0 Å². The van der Waals surface area contributed by atoms with Gasteiger partial charge in [-0.3, -0.25) is 0 Å². The number of carbonyl (C=O) groups is 1. The molecule has 4 nitrogen and oxygen atoms in total. The van der Waals surface area contributed by atoms with Crippen LogP contribution in [0.5, 0.6) is 0 Å². The van der Waals surface area contributed by atoms with E-state index < -0.39 is 0 Å². The van der Waals surface area contributed by atoms with Crippen LogP contribution in [0.2, 0.25) is 0 Å². The zero-order valence-corrected chi connectivity index (χ0v) is 9.84. The summed E-state index contributed by atoms with van der Waals surface area (Å²) in [6, 6.07) is 7.62. The van der Waals surface area contributed by atoms with Crippen LogP contribution in [0.15, 0.2) is 24.3 Å². The summed E-state index contributed by atoms with van der Waals surface area (Å²) in [5, 5.41) is 8.55. The van der Waals surface area contributed by atoms with E-state index in [0.717, 1.165) is 25.2 Å². The fourth-order valence-corrected chi connectivity index (χ4v) is 1.31. The van der Waals surface area contributed by atoms with Crippen molar-refractivity contribution >= 4 is 11.7 Å². The second-order valence-electron chi connectivity index (χ2n) is 3.58. The van der Waals surface area contributed by atoms with Crippen LogP contribution in [-0.4, -0.2) is 19.6 Å². The van der Waals surface area contributed by atoms with E-state index in [-0.39, 0.29) is 6.03 Å². The van der Waals surface area contributed by atoms with Gasteiger partial charge in [0.05, 0.1) is 0 Å². The summed E-state index contributed by atoms with van der Waals surface area (Å²) in [5.41, 5.74) is 2.02. The van der Waals surface area contributed by atoms with Crippen LogP contribution >= 0.6 is 0 Å². The molecule has 88 valence electrons. The monoisotopic (exact) mass is 221 g/mol. The molecule has 0 unspecified atom stereocenters. The molecule has 16 heavy (non-hydrogen) atoms. The number of benzene rings is 1. The van der Waals surface area contributed by atoms with Gasteiger partial charge in [-0.2, -0.15) is 0 Å². The van der Waals surface area contributed by atoms with Crippen LogP contribution < -0.4 is 16.0 Å². The van der Waals surface area contributed by atoms with Gasteiger partial charge < -0.3 is 16.0 Å². The minimum atomic E-state index is -0.197. The van der Waals surface area contributed by atoms with Crippen LogP contribution in [0.25, 0.3) is 0 Å². The molecule has 0 aliphatic heterocycles. The molecule has 4 heteroatoms. The Labute approximate surface area is 96.4 Å². The predicted octanol–water partition coefficient (Wildman–Crippen LogP) is 1.94. The van der Waals surface area contributed by atoms with Crippen molar-refractivity contribution in [2.45, 2.75) is 19.9 Å². The summed E-state index contributed by atoms with van der Waals surface area (Å²) >= 11 is 0. The number of hydrogen-bond acceptors (Lipinski definition) is 2. The van der Waals surface area contributed by atoms with Crippen LogP contribution in [0, 0.1) is 0 Å². The highest BCUT2D eigenvalue weighted by molar-refractivity contribution is 5.88. The predicted molar refractivity (Wildman–Crippen MR) is 66.5 cm³/mol. The third-order valence-electron chi connectivity index (χ3n) is 2.19. The maximum absolute atomic E-state index is 11.0. The summed E-state index contributed by atoms with van der Waals surface area (Å²) < 4.78 is 0. The average Bonchev–Trinajstić information content (AvgIpc) is 2.31. The molecular weight excluding hydrogens is 202 g/mol. The highest BCUT2D eigenvalue weighted by Gasteiger charge is 1.98. The van der Waals surface area contributed by atoms with Gasteiger partial charge in [0.15, 0.2) is 0 Å². The minimum absolute atomic E-state index is 0.197. The molecular formula is C12H19N3O. The van der Waals surface area contributed by atoms with Crippen molar-refractivity contribution < 1.29 is 4.79 Å². The summed E-state index contributed by atoms with van der Waals surface area (Å²) in [6.07, 6.45) is 1.14. The summed E-state index contributed by atoms with van der Waals surface area (Å²) in [4.78, 5) is 11.0. The van der Waals surface area contributed by atoms with Crippen molar-refractivity contribution in [3.8, 4) is 0 Å². The molecule has 0 heterocycles. The highest BCUT2D eigenvalue weighted by Crippen LogP contribution is 2.09. The van der Waals surface area contributed by atoms with Gasteiger partial charge in [0.25, 0.3) is 0 Å². The van der Waals surface area contributed by atoms with E-state index in [1.165, 1.54) is 5.56 Å². The summed E-state index contributed by atoms with van der Waals surface area (Å²) in [6.45, 7) is 4.04. The number of carbonyl (C=O) groups excluding carboxylic acids is 1. The third-order valence-corrected chi connectivity index (χ3v) is 2.19. The van der Waals surface area contributed by atoms with Crippen molar-refractivity contribution in [3.05, 3.63) is 29.8 Å². The molecule has 0 fully saturated rings. The van der Waals surface area contributed by atoms with E-state index >= 15 is 0 Å². The molecule has 0 bridgehead atoms. The first-order chi connectivity index (χ1) is 7.76. The molecule has 3 N–H and O–H groups in total. The molecule has 1 aromatic rings. The van der Waals surface area contributed by atoms with Gasteiger partial charge in [-0.15, -0.1) is 0 Å². The zero-order chi connectivity index (χ0) is 11.8. The molecule has 0 saturated carbocycles. The second kappa shape index (κ2) is 6.85. The van der Waals surface area contributed by atoms with E-state index in [4.69, 9.17) is 0 Å². The topological polar surface area (TPSA) is 53.2 Å². The standard InChI is InChI=1S/C12H19N3O/c1-3-8-14-9-10-4-6-11(7-5-10)15-12(16)13-2/h4-7,14H,3,8-9H2,1-2H3,(H2,13,15,16). The number of amides is 2. The average molecular weight is 221 g/mol. The summed E-state index contributed by atoms with van der Waals surface area (Å²) in [7, 11) is 1.60. The lowest BCUT2D eigenvalue weighted by Crippen LogP contribution is -2.24. The first kappa shape index (κ1) is 12.5. The van der Waals surface area contributed by atoms with E-state index in [9.17, 15) is 4.79 Å². The Balaban J connectivity index is 2.44. The molecule has 0 radical (unpaired) electrons. The zero-order valence-electron chi connectivity index (χ0n) is 9.84. The maximum Gasteiger partial charge on any atom is 0.318 e. The van der Waals surface area contributed by atoms with Gasteiger partial charge in [-0.25, -0.2) is 4.79 Å². The van der Waals surface area contributed by atoms with Crippen LogP contribution in [0.3, 0.4) is 0 Å². The molecule has 0 saturated heterocycles. The van der Waals surface area contributed by atoms with Crippen molar-refractivity contribution in [2.75, 3.05) is 18.9 Å². The number of anilines is 1. The van der Waals surface area contributed by atoms with Gasteiger partial charge in [-0.05, 0) is 30.7 Å². The lowest BCUT2D eigenvalue weighted by molar-refractivity contribution is 0.254. The Hall–Kier alpha value is -1.55.